The maximum absolute atomic E-state index is 9.95. The number of hydrogen-bond donors (Lipinski definition) is 1. The fourth-order valence-electron chi connectivity index (χ4n) is 1.62. The first-order valence-electron chi connectivity index (χ1n) is 4.38. The lowest BCUT2D eigenvalue weighted by Gasteiger charge is -2.09. The van der Waals surface area contributed by atoms with Crippen molar-refractivity contribution in [3.05, 3.63) is 32.4 Å². The van der Waals surface area contributed by atoms with Crippen LogP contribution in [0.1, 0.15) is 30.9 Å². The Bertz CT molecular complexity index is 329. The van der Waals surface area contributed by atoms with Gasteiger partial charge in [-0.15, -0.1) is 11.3 Å². The summed E-state index contributed by atoms with van der Waals surface area (Å²) in [6, 6.07) is 1.99. The first-order chi connectivity index (χ1) is 6.27. The number of rotatable bonds is 2. The van der Waals surface area contributed by atoms with Crippen molar-refractivity contribution in [3.63, 3.8) is 0 Å². The van der Waals surface area contributed by atoms with Crippen LogP contribution < -0.4 is 0 Å². The summed E-state index contributed by atoms with van der Waals surface area (Å²) in [6.45, 7) is 0. The van der Waals surface area contributed by atoms with Gasteiger partial charge in [0.2, 0.25) is 0 Å². The number of aliphatic hydroxyl groups is 1. The third-order valence-corrected chi connectivity index (χ3v) is 3.85. The molecule has 1 unspecified atom stereocenters. The summed E-state index contributed by atoms with van der Waals surface area (Å²) in [6.07, 6.45) is 5.16. The summed E-state index contributed by atoms with van der Waals surface area (Å²) in [4.78, 5) is 0. The highest BCUT2D eigenvalue weighted by Gasteiger charge is 2.16. The van der Waals surface area contributed by atoms with Gasteiger partial charge in [-0.2, -0.15) is 0 Å². The molecule has 0 amide bonds. The predicted molar refractivity (Wildman–Crippen MR) is 58.9 cm³/mol. The van der Waals surface area contributed by atoms with E-state index in [0.717, 1.165) is 22.2 Å². The van der Waals surface area contributed by atoms with Gasteiger partial charge in [-0.05, 0) is 57.8 Å². The van der Waals surface area contributed by atoms with Crippen LogP contribution in [0.25, 0.3) is 0 Å². The first kappa shape index (κ1) is 9.44. The largest absolute Gasteiger partial charge is 0.384 e. The number of aliphatic hydroxyl groups excluding tert-OH is 1. The molecule has 2 rings (SSSR count). The second kappa shape index (κ2) is 3.95. The molecular formula is C10H11BrOS. The zero-order valence-corrected chi connectivity index (χ0v) is 9.57. The third-order valence-electron chi connectivity index (χ3n) is 2.33. The molecule has 1 heterocycles. The fourth-order valence-corrected chi connectivity index (χ4v) is 2.82. The lowest BCUT2D eigenvalue weighted by atomic mass is 10.0. The van der Waals surface area contributed by atoms with E-state index in [-0.39, 0.29) is 6.10 Å². The minimum Gasteiger partial charge on any atom is -0.384 e. The zero-order valence-electron chi connectivity index (χ0n) is 7.16. The molecule has 1 atom stereocenters. The van der Waals surface area contributed by atoms with Crippen molar-refractivity contribution in [1.29, 1.82) is 0 Å². The molecule has 1 N–H and O–H groups in total. The van der Waals surface area contributed by atoms with E-state index in [1.807, 2.05) is 11.4 Å². The molecule has 13 heavy (non-hydrogen) atoms. The van der Waals surface area contributed by atoms with E-state index in [0.29, 0.717) is 0 Å². The van der Waals surface area contributed by atoms with E-state index in [4.69, 9.17) is 0 Å². The molecule has 1 aliphatic carbocycles. The van der Waals surface area contributed by atoms with E-state index >= 15 is 0 Å². The van der Waals surface area contributed by atoms with Gasteiger partial charge in [0.05, 0.1) is 3.79 Å². The molecule has 0 spiro atoms. The van der Waals surface area contributed by atoms with Crippen LogP contribution in [0.15, 0.2) is 26.9 Å². The molecule has 0 aliphatic heterocycles. The maximum Gasteiger partial charge on any atom is 0.101 e. The van der Waals surface area contributed by atoms with Gasteiger partial charge >= 0.3 is 0 Å². The van der Waals surface area contributed by atoms with E-state index < -0.39 is 0 Å². The van der Waals surface area contributed by atoms with Crippen LogP contribution in [0.3, 0.4) is 0 Å². The van der Waals surface area contributed by atoms with Crippen molar-refractivity contribution in [2.24, 2.45) is 0 Å². The summed E-state index contributed by atoms with van der Waals surface area (Å²) in [7, 11) is 0. The van der Waals surface area contributed by atoms with Crippen molar-refractivity contribution in [3.8, 4) is 0 Å². The summed E-state index contributed by atoms with van der Waals surface area (Å²) in [5.41, 5.74) is 2.20. The summed E-state index contributed by atoms with van der Waals surface area (Å²) >= 11 is 5.02. The van der Waals surface area contributed by atoms with Crippen LogP contribution in [0.5, 0.6) is 0 Å². The Balaban J connectivity index is 2.16. The van der Waals surface area contributed by atoms with Crippen molar-refractivity contribution < 1.29 is 5.11 Å². The van der Waals surface area contributed by atoms with E-state index in [9.17, 15) is 5.11 Å². The number of thiophene rings is 1. The smallest absolute Gasteiger partial charge is 0.101 e. The van der Waals surface area contributed by atoms with Gasteiger partial charge in [-0.25, -0.2) is 0 Å². The Kier molecular flexibility index (Phi) is 2.86. The Morgan fingerprint density at radius 1 is 1.54 bits per heavy atom. The first-order valence-corrected chi connectivity index (χ1v) is 6.05. The van der Waals surface area contributed by atoms with Gasteiger partial charge in [0, 0.05) is 0 Å². The molecule has 70 valence electrons. The van der Waals surface area contributed by atoms with Crippen LogP contribution in [-0.4, -0.2) is 5.11 Å². The maximum atomic E-state index is 9.95. The normalized spacial score (nSPS) is 18.8. The number of allylic oxidation sites excluding steroid dienone is 1. The molecule has 3 heteroatoms. The molecule has 0 fully saturated rings. The third kappa shape index (κ3) is 2.03. The highest BCUT2D eigenvalue weighted by Crippen LogP contribution is 2.33. The topological polar surface area (TPSA) is 20.2 Å². The van der Waals surface area contributed by atoms with Gasteiger partial charge in [-0.3, -0.25) is 0 Å². The summed E-state index contributed by atoms with van der Waals surface area (Å²) in [5.74, 6) is 0. The second-order valence-electron chi connectivity index (χ2n) is 3.26. The van der Waals surface area contributed by atoms with Crippen LogP contribution in [0.4, 0.5) is 0 Å². The monoisotopic (exact) mass is 258 g/mol. The quantitative estimate of drug-likeness (QED) is 0.804. The van der Waals surface area contributed by atoms with Gasteiger partial charge in [-0.1, -0.05) is 6.08 Å². The lowest BCUT2D eigenvalue weighted by Crippen LogP contribution is -1.97. The van der Waals surface area contributed by atoms with E-state index in [1.54, 1.807) is 11.3 Å². The van der Waals surface area contributed by atoms with Gasteiger partial charge in [0.25, 0.3) is 0 Å². The fraction of sp³-hybridized carbons (Fsp3) is 0.400. The standard InChI is InChI=1S/C10H11BrOS/c11-9-5-8(6-13-9)10(12)7-3-1-2-4-7/h3,5-6,10,12H,1-2,4H2. The van der Waals surface area contributed by atoms with E-state index in [2.05, 4.69) is 22.0 Å². The molecule has 0 bridgehead atoms. The van der Waals surface area contributed by atoms with Crippen LogP contribution >= 0.6 is 27.3 Å². The van der Waals surface area contributed by atoms with E-state index in [1.165, 1.54) is 12.0 Å². The Morgan fingerprint density at radius 2 is 2.38 bits per heavy atom. The summed E-state index contributed by atoms with van der Waals surface area (Å²) in [5, 5.41) is 12.0. The lowest BCUT2D eigenvalue weighted by molar-refractivity contribution is 0.213. The number of halogens is 1. The minimum absolute atomic E-state index is 0.370. The second-order valence-corrected chi connectivity index (χ2v) is 5.55. The average molecular weight is 259 g/mol. The van der Waals surface area contributed by atoms with Crippen LogP contribution in [0, 0.1) is 0 Å². The molecule has 0 aromatic carbocycles. The molecule has 0 radical (unpaired) electrons. The van der Waals surface area contributed by atoms with Crippen molar-refractivity contribution >= 4 is 27.3 Å². The molecule has 0 saturated carbocycles. The Labute approximate surface area is 90.2 Å². The Morgan fingerprint density at radius 3 is 2.92 bits per heavy atom. The molecule has 1 aliphatic rings. The highest BCUT2D eigenvalue weighted by atomic mass is 79.9. The zero-order chi connectivity index (χ0) is 9.26. The Hall–Kier alpha value is -0.120. The van der Waals surface area contributed by atoms with Crippen LogP contribution in [-0.2, 0) is 0 Å². The van der Waals surface area contributed by atoms with Crippen molar-refractivity contribution in [1.82, 2.24) is 0 Å². The van der Waals surface area contributed by atoms with Crippen LogP contribution in [0.2, 0.25) is 0 Å². The molecule has 1 aromatic heterocycles. The van der Waals surface area contributed by atoms with Gasteiger partial charge in [0.1, 0.15) is 6.10 Å². The highest BCUT2D eigenvalue weighted by molar-refractivity contribution is 9.11. The number of hydrogen-bond acceptors (Lipinski definition) is 2. The van der Waals surface area contributed by atoms with Gasteiger partial charge < -0.3 is 5.11 Å². The molecule has 0 saturated heterocycles. The average Bonchev–Trinajstić information content (AvgIpc) is 2.72. The molecular weight excluding hydrogens is 248 g/mol. The van der Waals surface area contributed by atoms with Gasteiger partial charge in [0.15, 0.2) is 0 Å². The molecule has 1 aromatic rings. The van der Waals surface area contributed by atoms with Crippen molar-refractivity contribution in [2.45, 2.75) is 25.4 Å². The minimum atomic E-state index is -0.370. The SMILES string of the molecule is OC(C1=CCCC1)c1csc(Br)c1. The van der Waals surface area contributed by atoms with Crippen molar-refractivity contribution in [2.75, 3.05) is 0 Å². The molecule has 1 nitrogen and oxygen atoms in total. The predicted octanol–water partition coefficient (Wildman–Crippen LogP) is 3.65. The summed E-state index contributed by atoms with van der Waals surface area (Å²) < 4.78 is 1.08.